The number of hydrogen-bond acceptors (Lipinski definition) is 4. The second kappa shape index (κ2) is 3.34. The van der Waals surface area contributed by atoms with E-state index in [0.717, 1.165) is 0 Å². The molecule has 0 aliphatic heterocycles. The van der Waals surface area contributed by atoms with Crippen LogP contribution in [-0.4, -0.2) is 17.6 Å². The predicted octanol–water partition coefficient (Wildman–Crippen LogP) is 1.51. The summed E-state index contributed by atoms with van der Waals surface area (Å²) in [5, 5.41) is 0. The van der Waals surface area contributed by atoms with Gasteiger partial charge in [-0.3, -0.25) is 0 Å². The molecule has 0 saturated heterocycles. The normalized spacial score (nSPS) is 9.55. The van der Waals surface area contributed by atoms with E-state index in [1.807, 2.05) is 0 Å². The zero-order valence-corrected chi connectivity index (χ0v) is 6.73. The Morgan fingerprint density at radius 1 is 1.91 bits per heavy atom. The number of carbonyl (C=O) groups is 1. The molecule has 1 N–H and O–H groups in total. The average molecular weight is 173 g/mol. The molecule has 5 heteroatoms. The highest BCUT2D eigenvalue weighted by Crippen LogP contribution is 1.98. The van der Waals surface area contributed by atoms with Crippen LogP contribution in [0.4, 0.5) is 0 Å². The molecule has 0 amide bonds. The molecule has 0 unspecified atom stereocenters. The minimum absolute atomic E-state index is 0.174. The number of H-pyrrole nitrogens is 1. The molecule has 11 heavy (non-hydrogen) atoms. The Bertz CT molecular complexity index is 301. The van der Waals surface area contributed by atoms with E-state index in [9.17, 15) is 4.79 Å². The summed E-state index contributed by atoms with van der Waals surface area (Å²) in [6.07, 6.45) is 1.24. The molecule has 4 nitrogen and oxygen atoms in total. The number of oxazole rings is 1. The second-order valence-electron chi connectivity index (χ2n) is 1.78. The first-order valence-corrected chi connectivity index (χ1v) is 3.49. The first-order valence-electron chi connectivity index (χ1n) is 3.09. The van der Waals surface area contributed by atoms with Crippen LogP contribution in [0.15, 0.2) is 10.7 Å². The molecule has 0 spiro atoms. The lowest BCUT2D eigenvalue weighted by Gasteiger charge is -1.94. The topological polar surface area (TPSA) is 55.2 Å². The fourth-order valence-corrected chi connectivity index (χ4v) is 0.747. The van der Waals surface area contributed by atoms with Gasteiger partial charge in [0.05, 0.1) is 6.61 Å². The van der Waals surface area contributed by atoms with Gasteiger partial charge in [-0.05, 0) is 19.1 Å². The molecule has 0 aliphatic carbocycles. The minimum Gasteiger partial charge on any atom is -0.461 e. The molecule has 1 aromatic rings. The van der Waals surface area contributed by atoms with Crippen LogP contribution in [0, 0.1) is 4.84 Å². The lowest BCUT2D eigenvalue weighted by atomic mass is 10.5. The van der Waals surface area contributed by atoms with Crippen molar-refractivity contribution in [3.8, 4) is 0 Å². The van der Waals surface area contributed by atoms with Gasteiger partial charge in [-0.25, -0.2) is 4.79 Å². The molecule has 0 radical (unpaired) electrons. The van der Waals surface area contributed by atoms with Crippen molar-refractivity contribution in [3.63, 3.8) is 0 Å². The largest absolute Gasteiger partial charge is 0.461 e. The maximum absolute atomic E-state index is 10.9. The standard InChI is InChI=1S/C6H7NO3S/c1-2-9-5(8)4-3-10-6(11)7-4/h3H,2H2,1H3,(H,7,11). The lowest BCUT2D eigenvalue weighted by Crippen LogP contribution is -2.04. The Hall–Kier alpha value is -1.10. The smallest absolute Gasteiger partial charge is 0.358 e. The van der Waals surface area contributed by atoms with Gasteiger partial charge in [0.15, 0.2) is 5.69 Å². The van der Waals surface area contributed by atoms with Crippen molar-refractivity contribution < 1.29 is 13.9 Å². The Labute approximate surface area is 68.2 Å². The Kier molecular flexibility index (Phi) is 2.43. The highest BCUT2D eigenvalue weighted by atomic mass is 32.1. The molecular weight excluding hydrogens is 166 g/mol. The van der Waals surface area contributed by atoms with E-state index >= 15 is 0 Å². The van der Waals surface area contributed by atoms with E-state index in [1.54, 1.807) is 6.92 Å². The summed E-state index contributed by atoms with van der Waals surface area (Å²) >= 11 is 4.61. The third-order valence-corrected chi connectivity index (χ3v) is 1.21. The highest BCUT2D eigenvalue weighted by Gasteiger charge is 2.07. The first kappa shape index (κ1) is 8.00. The molecule has 1 heterocycles. The van der Waals surface area contributed by atoms with Gasteiger partial charge in [0.25, 0.3) is 4.84 Å². The third kappa shape index (κ3) is 1.91. The zero-order valence-electron chi connectivity index (χ0n) is 5.92. The van der Waals surface area contributed by atoms with E-state index in [4.69, 9.17) is 4.42 Å². The minimum atomic E-state index is -0.452. The SMILES string of the molecule is CCOC(=O)c1coc(=S)[nH]1. The zero-order chi connectivity index (χ0) is 8.27. The molecule has 0 fully saturated rings. The highest BCUT2D eigenvalue weighted by molar-refractivity contribution is 7.71. The van der Waals surface area contributed by atoms with E-state index in [2.05, 4.69) is 21.9 Å². The van der Waals surface area contributed by atoms with Crippen molar-refractivity contribution in [1.82, 2.24) is 4.98 Å². The van der Waals surface area contributed by atoms with Gasteiger partial charge in [0.2, 0.25) is 0 Å². The van der Waals surface area contributed by atoms with E-state index < -0.39 is 5.97 Å². The summed E-state index contributed by atoms with van der Waals surface area (Å²) in [4.78, 5) is 13.6. The van der Waals surface area contributed by atoms with Crippen LogP contribution in [0.2, 0.25) is 0 Å². The molecule has 1 rings (SSSR count). The van der Waals surface area contributed by atoms with Crippen LogP contribution in [0.25, 0.3) is 0 Å². The number of rotatable bonds is 2. The predicted molar refractivity (Wildman–Crippen MR) is 39.8 cm³/mol. The van der Waals surface area contributed by atoms with Gasteiger partial charge < -0.3 is 14.1 Å². The van der Waals surface area contributed by atoms with Gasteiger partial charge in [-0.15, -0.1) is 0 Å². The molecular formula is C6H7NO3S. The van der Waals surface area contributed by atoms with Crippen LogP contribution in [0.1, 0.15) is 17.4 Å². The van der Waals surface area contributed by atoms with Crippen molar-refractivity contribution in [1.29, 1.82) is 0 Å². The number of carbonyl (C=O) groups excluding carboxylic acids is 1. The fraction of sp³-hybridized carbons (Fsp3) is 0.333. The Morgan fingerprint density at radius 3 is 3.09 bits per heavy atom. The van der Waals surface area contributed by atoms with Crippen molar-refractivity contribution in [2.75, 3.05) is 6.61 Å². The quantitative estimate of drug-likeness (QED) is 0.544. The lowest BCUT2D eigenvalue weighted by molar-refractivity contribution is 0.0519. The maximum atomic E-state index is 10.9. The summed E-state index contributed by atoms with van der Waals surface area (Å²) in [6.45, 7) is 2.07. The number of aromatic amines is 1. The molecule has 0 saturated carbocycles. The number of aromatic nitrogens is 1. The van der Waals surface area contributed by atoms with Crippen LogP contribution < -0.4 is 0 Å². The summed E-state index contributed by atoms with van der Waals surface area (Å²) in [7, 11) is 0. The maximum Gasteiger partial charge on any atom is 0.358 e. The third-order valence-electron chi connectivity index (χ3n) is 1.02. The Morgan fingerprint density at radius 2 is 2.64 bits per heavy atom. The van der Waals surface area contributed by atoms with E-state index in [-0.39, 0.29) is 10.5 Å². The van der Waals surface area contributed by atoms with Crippen molar-refractivity contribution in [2.24, 2.45) is 0 Å². The first-order chi connectivity index (χ1) is 5.24. The molecule has 1 aromatic heterocycles. The summed E-state index contributed by atoms with van der Waals surface area (Å²) in [5.74, 6) is -0.452. The number of hydrogen-bond donors (Lipinski definition) is 1. The van der Waals surface area contributed by atoms with Crippen molar-refractivity contribution in [2.45, 2.75) is 6.92 Å². The van der Waals surface area contributed by atoms with Gasteiger partial charge in [0, 0.05) is 0 Å². The van der Waals surface area contributed by atoms with Gasteiger partial charge in [-0.1, -0.05) is 0 Å². The molecule has 60 valence electrons. The van der Waals surface area contributed by atoms with Crippen LogP contribution in [0.5, 0.6) is 0 Å². The van der Waals surface area contributed by atoms with Gasteiger partial charge in [-0.2, -0.15) is 0 Å². The number of ether oxygens (including phenoxy) is 1. The molecule has 0 aromatic carbocycles. The monoisotopic (exact) mass is 173 g/mol. The van der Waals surface area contributed by atoms with Crippen LogP contribution >= 0.6 is 12.2 Å². The molecule has 0 aliphatic rings. The summed E-state index contributed by atoms with van der Waals surface area (Å²) in [6, 6.07) is 0. The molecule has 0 bridgehead atoms. The summed E-state index contributed by atoms with van der Waals surface area (Å²) < 4.78 is 9.36. The number of esters is 1. The number of nitrogens with one attached hydrogen (secondary N) is 1. The van der Waals surface area contributed by atoms with Crippen molar-refractivity contribution in [3.05, 3.63) is 16.8 Å². The average Bonchev–Trinajstić information content (AvgIpc) is 2.36. The fourth-order valence-electron chi connectivity index (χ4n) is 0.589. The van der Waals surface area contributed by atoms with Crippen molar-refractivity contribution >= 4 is 18.2 Å². The van der Waals surface area contributed by atoms with Gasteiger partial charge in [0.1, 0.15) is 6.26 Å². The molecule has 0 atom stereocenters. The van der Waals surface area contributed by atoms with E-state index in [1.165, 1.54) is 6.26 Å². The van der Waals surface area contributed by atoms with E-state index in [0.29, 0.717) is 6.61 Å². The van der Waals surface area contributed by atoms with Crippen LogP contribution in [-0.2, 0) is 4.74 Å². The van der Waals surface area contributed by atoms with Gasteiger partial charge >= 0.3 is 5.97 Å². The van der Waals surface area contributed by atoms with Crippen LogP contribution in [0.3, 0.4) is 0 Å². The Balaban J connectivity index is 2.76. The summed E-state index contributed by atoms with van der Waals surface area (Å²) in [5.41, 5.74) is 0.247. The second-order valence-corrected chi connectivity index (χ2v) is 2.15.